The largest absolute Gasteiger partial charge is 0.481 e. The molecule has 2 amide bonds. The van der Waals surface area contributed by atoms with Crippen molar-refractivity contribution in [1.29, 1.82) is 0 Å². The van der Waals surface area contributed by atoms with E-state index < -0.39 is 17.7 Å². The molecule has 2 unspecified atom stereocenters. The summed E-state index contributed by atoms with van der Waals surface area (Å²) in [6.45, 7) is 2.15. The van der Waals surface area contributed by atoms with E-state index in [4.69, 9.17) is 16.7 Å². The quantitative estimate of drug-likeness (QED) is 0.880. The maximum atomic E-state index is 13.2. The van der Waals surface area contributed by atoms with Crippen molar-refractivity contribution in [3.05, 3.63) is 29.0 Å². The second kappa shape index (κ2) is 6.30. The first-order valence-electron chi connectivity index (χ1n) is 6.63. The topological polar surface area (TPSA) is 69.6 Å². The number of hydrogen-bond acceptors (Lipinski definition) is 2. The molecule has 0 bridgehead atoms. The van der Waals surface area contributed by atoms with Gasteiger partial charge in [-0.05, 0) is 38.0 Å². The average molecular weight is 315 g/mol. The Hall–Kier alpha value is -1.82. The number of carboxylic acid groups (broad SMARTS) is 1. The first-order chi connectivity index (χ1) is 9.86. The lowest BCUT2D eigenvalue weighted by Crippen LogP contribution is -2.47. The van der Waals surface area contributed by atoms with Crippen LogP contribution in [0.15, 0.2) is 18.2 Å². The lowest BCUT2D eigenvalue weighted by Gasteiger charge is -2.36. The number of carboxylic acids is 1. The summed E-state index contributed by atoms with van der Waals surface area (Å²) >= 11 is 5.73. The molecule has 2 atom stereocenters. The molecular weight excluding hydrogens is 299 g/mol. The van der Waals surface area contributed by atoms with E-state index in [1.807, 2.05) is 0 Å². The molecule has 2 N–H and O–H groups in total. The number of benzene rings is 1. The highest BCUT2D eigenvalue weighted by atomic mass is 35.5. The molecule has 1 fully saturated rings. The minimum atomic E-state index is -0.834. The maximum Gasteiger partial charge on any atom is 0.322 e. The third kappa shape index (κ3) is 3.85. The minimum absolute atomic E-state index is 0.191. The molecule has 1 aromatic rings. The molecule has 1 aromatic carbocycles. The van der Waals surface area contributed by atoms with Crippen molar-refractivity contribution in [2.45, 2.75) is 25.8 Å². The van der Waals surface area contributed by atoms with E-state index in [0.717, 1.165) is 6.07 Å². The molecule has 0 aromatic heterocycles. The van der Waals surface area contributed by atoms with Crippen LogP contribution in [0.25, 0.3) is 0 Å². The molecule has 0 spiro atoms. The Bertz CT molecular complexity index is 547. The van der Waals surface area contributed by atoms with Gasteiger partial charge in [0.1, 0.15) is 5.82 Å². The van der Waals surface area contributed by atoms with Crippen LogP contribution in [-0.4, -0.2) is 34.6 Å². The Kier molecular flexibility index (Phi) is 4.67. The van der Waals surface area contributed by atoms with E-state index in [1.165, 1.54) is 12.1 Å². The van der Waals surface area contributed by atoms with Crippen LogP contribution in [0.4, 0.5) is 14.9 Å². The normalized spacial score (nSPS) is 22.0. The van der Waals surface area contributed by atoms with Crippen LogP contribution in [0.3, 0.4) is 0 Å². The molecule has 0 radical (unpaired) electrons. The Morgan fingerprint density at radius 1 is 1.43 bits per heavy atom. The van der Waals surface area contributed by atoms with Crippen molar-refractivity contribution < 1.29 is 19.1 Å². The van der Waals surface area contributed by atoms with Crippen LogP contribution in [0.2, 0.25) is 5.02 Å². The zero-order valence-electron chi connectivity index (χ0n) is 11.5. The molecule has 1 aliphatic rings. The number of likely N-dealkylation sites (tertiary alicyclic amines) is 1. The highest BCUT2D eigenvalue weighted by Gasteiger charge is 2.32. The van der Waals surface area contributed by atoms with Gasteiger partial charge in [-0.15, -0.1) is 0 Å². The van der Waals surface area contributed by atoms with Gasteiger partial charge in [0.05, 0.1) is 5.92 Å². The first kappa shape index (κ1) is 15.6. The van der Waals surface area contributed by atoms with Gasteiger partial charge in [-0.3, -0.25) is 4.79 Å². The fourth-order valence-electron chi connectivity index (χ4n) is 2.52. The number of halogens is 2. The number of aliphatic carboxylic acids is 1. The van der Waals surface area contributed by atoms with Crippen molar-refractivity contribution in [2.75, 3.05) is 11.9 Å². The standard InChI is InChI=1S/C14H16ClFN2O3/c1-8-4-9(13(19)20)2-3-18(8)14(21)17-12-6-10(15)5-11(16)7-12/h5-9H,2-4H2,1H3,(H,17,21)(H,19,20). The molecule has 7 heteroatoms. The van der Waals surface area contributed by atoms with Crippen LogP contribution >= 0.6 is 11.6 Å². The summed E-state index contributed by atoms with van der Waals surface area (Å²) < 4.78 is 13.2. The number of hydrogen-bond donors (Lipinski definition) is 2. The van der Waals surface area contributed by atoms with Crippen molar-refractivity contribution in [3.8, 4) is 0 Å². The second-order valence-corrected chi connectivity index (χ2v) is 5.63. The van der Waals surface area contributed by atoms with E-state index in [9.17, 15) is 14.0 Å². The van der Waals surface area contributed by atoms with E-state index in [2.05, 4.69) is 5.32 Å². The third-order valence-electron chi connectivity index (χ3n) is 3.60. The van der Waals surface area contributed by atoms with Crippen LogP contribution in [0, 0.1) is 11.7 Å². The number of carbonyl (C=O) groups excluding carboxylic acids is 1. The monoisotopic (exact) mass is 314 g/mol. The fraction of sp³-hybridized carbons (Fsp3) is 0.429. The van der Waals surface area contributed by atoms with Crippen molar-refractivity contribution in [1.82, 2.24) is 4.90 Å². The summed E-state index contributed by atoms with van der Waals surface area (Å²) in [4.78, 5) is 24.7. The Morgan fingerprint density at radius 3 is 2.71 bits per heavy atom. The number of anilines is 1. The molecule has 1 saturated heterocycles. The van der Waals surface area contributed by atoms with Gasteiger partial charge in [0.15, 0.2) is 0 Å². The van der Waals surface area contributed by atoms with Crippen molar-refractivity contribution in [3.63, 3.8) is 0 Å². The highest BCUT2D eigenvalue weighted by Crippen LogP contribution is 2.24. The Labute approximate surface area is 126 Å². The number of piperidine rings is 1. The van der Waals surface area contributed by atoms with Crippen LogP contribution in [0.5, 0.6) is 0 Å². The highest BCUT2D eigenvalue weighted by molar-refractivity contribution is 6.30. The van der Waals surface area contributed by atoms with Gasteiger partial charge in [0.2, 0.25) is 0 Å². The lowest BCUT2D eigenvalue weighted by atomic mass is 9.92. The van der Waals surface area contributed by atoms with Crippen molar-refractivity contribution >= 4 is 29.3 Å². The van der Waals surface area contributed by atoms with E-state index in [1.54, 1.807) is 11.8 Å². The van der Waals surface area contributed by atoms with Gasteiger partial charge in [-0.2, -0.15) is 0 Å². The van der Waals surface area contributed by atoms with Gasteiger partial charge in [0.25, 0.3) is 0 Å². The summed E-state index contributed by atoms with van der Waals surface area (Å²) in [5, 5.41) is 11.8. The molecule has 0 aliphatic carbocycles. The maximum absolute atomic E-state index is 13.2. The Balaban J connectivity index is 2.02. The number of carbonyl (C=O) groups is 2. The number of urea groups is 1. The predicted octanol–water partition coefficient (Wildman–Crippen LogP) is 3.20. The summed E-state index contributed by atoms with van der Waals surface area (Å²) in [5.41, 5.74) is 0.276. The second-order valence-electron chi connectivity index (χ2n) is 5.19. The molecule has 21 heavy (non-hydrogen) atoms. The summed E-state index contributed by atoms with van der Waals surface area (Å²) in [7, 11) is 0. The van der Waals surface area contributed by atoms with E-state index >= 15 is 0 Å². The van der Waals surface area contributed by atoms with Crippen LogP contribution in [-0.2, 0) is 4.79 Å². The molecule has 1 heterocycles. The summed E-state index contributed by atoms with van der Waals surface area (Å²) in [6, 6.07) is 3.21. The molecule has 114 valence electrons. The fourth-order valence-corrected chi connectivity index (χ4v) is 2.74. The summed E-state index contributed by atoms with van der Waals surface area (Å²) in [5.74, 6) is -1.79. The molecular formula is C14H16ClFN2O3. The van der Waals surface area contributed by atoms with Gasteiger partial charge in [-0.25, -0.2) is 9.18 Å². The number of nitrogens with zero attached hydrogens (tertiary/aromatic N) is 1. The number of amides is 2. The van der Waals surface area contributed by atoms with Crippen molar-refractivity contribution in [2.24, 2.45) is 5.92 Å². The molecule has 1 aliphatic heterocycles. The zero-order valence-corrected chi connectivity index (χ0v) is 12.2. The third-order valence-corrected chi connectivity index (χ3v) is 3.82. The lowest BCUT2D eigenvalue weighted by molar-refractivity contribution is -0.143. The number of rotatable bonds is 2. The van der Waals surface area contributed by atoms with Gasteiger partial charge >= 0.3 is 12.0 Å². The van der Waals surface area contributed by atoms with E-state index in [0.29, 0.717) is 19.4 Å². The van der Waals surface area contributed by atoms with Crippen LogP contribution in [0.1, 0.15) is 19.8 Å². The molecule has 2 rings (SSSR count). The summed E-state index contributed by atoms with van der Waals surface area (Å²) in [6.07, 6.45) is 0.823. The number of nitrogens with one attached hydrogen (secondary N) is 1. The smallest absolute Gasteiger partial charge is 0.322 e. The predicted molar refractivity (Wildman–Crippen MR) is 77.0 cm³/mol. The minimum Gasteiger partial charge on any atom is -0.481 e. The Morgan fingerprint density at radius 2 is 2.14 bits per heavy atom. The van der Waals surface area contributed by atoms with Crippen LogP contribution < -0.4 is 5.32 Å². The first-order valence-corrected chi connectivity index (χ1v) is 7.01. The van der Waals surface area contributed by atoms with E-state index in [-0.39, 0.29) is 22.8 Å². The zero-order chi connectivity index (χ0) is 15.6. The average Bonchev–Trinajstić information content (AvgIpc) is 2.36. The molecule has 5 nitrogen and oxygen atoms in total. The van der Waals surface area contributed by atoms with Gasteiger partial charge in [-0.1, -0.05) is 11.6 Å². The van der Waals surface area contributed by atoms with Gasteiger partial charge < -0.3 is 15.3 Å². The van der Waals surface area contributed by atoms with Gasteiger partial charge in [0, 0.05) is 23.3 Å². The molecule has 0 saturated carbocycles. The SMILES string of the molecule is CC1CC(C(=O)O)CCN1C(=O)Nc1cc(F)cc(Cl)c1.